The molecule has 2 unspecified atom stereocenters. The maximum atomic E-state index is 12.0. The number of amides is 1. The van der Waals surface area contributed by atoms with Crippen LogP contribution in [0.25, 0.3) is 0 Å². The van der Waals surface area contributed by atoms with Gasteiger partial charge in [-0.1, -0.05) is 32.0 Å². The largest absolute Gasteiger partial charge is 0.315 e. The lowest BCUT2D eigenvalue weighted by molar-refractivity contribution is -0.119. The van der Waals surface area contributed by atoms with Crippen molar-refractivity contribution >= 4 is 11.6 Å². The Balaban J connectivity index is 2.28. The van der Waals surface area contributed by atoms with Gasteiger partial charge in [0.25, 0.3) is 0 Å². The molecule has 0 saturated heterocycles. The van der Waals surface area contributed by atoms with E-state index < -0.39 is 0 Å². The number of nitrogens with zero attached hydrogens (tertiary/aromatic N) is 1. The molecule has 2 atom stereocenters. The molecule has 0 spiro atoms. The minimum Gasteiger partial charge on any atom is -0.315 e. The summed E-state index contributed by atoms with van der Waals surface area (Å²) in [4.78, 5) is 13.8. The number of carbonyl (C=O) groups is 1. The second kappa shape index (κ2) is 5.11. The van der Waals surface area contributed by atoms with Crippen molar-refractivity contribution in [2.75, 3.05) is 11.9 Å². The second-order valence-corrected chi connectivity index (χ2v) is 5.47. The quantitative estimate of drug-likeness (QED) is 0.889. The lowest BCUT2D eigenvalue weighted by Crippen LogP contribution is -2.42. The van der Waals surface area contributed by atoms with Crippen LogP contribution in [0.1, 0.15) is 38.8 Å². The minimum atomic E-state index is 0.141. The molecule has 0 saturated carbocycles. The van der Waals surface area contributed by atoms with Crippen molar-refractivity contribution in [3.63, 3.8) is 0 Å². The van der Waals surface area contributed by atoms with Gasteiger partial charge < -0.3 is 10.2 Å². The highest BCUT2D eigenvalue weighted by atomic mass is 16.2. The zero-order valence-electron chi connectivity index (χ0n) is 11.6. The number of rotatable bonds is 3. The van der Waals surface area contributed by atoms with Gasteiger partial charge in [-0.3, -0.25) is 4.79 Å². The number of benzene rings is 1. The molecule has 98 valence electrons. The van der Waals surface area contributed by atoms with Crippen LogP contribution in [0.2, 0.25) is 0 Å². The summed E-state index contributed by atoms with van der Waals surface area (Å²) in [7, 11) is 1.85. The monoisotopic (exact) mass is 246 g/mol. The third kappa shape index (κ3) is 2.41. The number of para-hydroxylation sites is 1. The molecule has 3 heteroatoms. The van der Waals surface area contributed by atoms with E-state index in [4.69, 9.17) is 0 Å². The van der Waals surface area contributed by atoms with E-state index in [9.17, 15) is 4.79 Å². The Labute approximate surface area is 109 Å². The molecule has 1 aliphatic heterocycles. The Morgan fingerprint density at radius 2 is 1.94 bits per heavy atom. The van der Waals surface area contributed by atoms with Crippen LogP contribution in [-0.2, 0) is 4.79 Å². The van der Waals surface area contributed by atoms with Gasteiger partial charge in [-0.25, -0.2) is 0 Å². The van der Waals surface area contributed by atoms with Gasteiger partial charge in [-0.05, 0) is 24.5 Å². The van der Waals surface area contributed by atoms with Gasteiger partial charge in [-0.2, -0.15) is 0 Å². The highest BCUT2D eigenvalue weighted by Crippen LogP contribution is 2.33. The molecule has 0 aliphatic carbocycles. The third-order valence-electron chi connectivity index (χ3n) is 3.89. The SMILES string of the molecule is CC(C)C(C)NC1CC(=O)N(C)c2ccccc21. The molecule has 0 bridgehead atoms. The summed E-state index contributed by atoms with van der Waals surface area (Å²) in [6.45, 7) is 6.57. The number of anilines is 1. The van der Waals surface area contributed by atoms with Gasteiger partial charge in [0, 0.05) is 31.2 Å². The van der Waals surface area contributed by atoms with Gasteiger partial charge in [-0.15, -0.1) is 0 Å². The van der Waals surface area contributed by atoms with Crippen LogP contribution in [0.5, 0.6) is 0 Å². The number of hydrogen-bond acceptors (Lipinski definition) is 2. The van der Waals surface area contributed by atoms with Crippen LogP contribution in [0.3, 0.4) is 0 Å². The fourth-order valence-electron chi connectivity index (χ4n) is 2.30. The lowest BCUT2D eigenvalue weighted by Gasteiger charge is -2.34. The van der Waals surface area contributed by atoms with Crippen molar-refractivity contribution in [2.24, 2.45) is 5.92 Å². The van der Waals surface area contributed by atoms with Crippen molar-refractivity contribution in [2.45, 2.75) is 39.3 Å². The van der Waals surface area contributed by atoms with E-state index in [-0.39, 0.29) is 11.9 Å². The molecule has 1 aromatic carbocycles. The van der Waals surface area contributed by atoms with Crippen LogP contribution in [0.4, 0.5) is 5.69 Å². The van der Waals surface area contributed by atoms with E-state index in [1.54, 1.807) is 4.90 Å². The van der Waals surface area contributed by atoms with Crippen molar-refractivity contribution in [3.8, 4) is 0 Å². The Morgan fingerprint density at radius 3 is 2.61 bits per heavy atom. The first-order valence-corrected chi connectivity index (χ1v) is 6.62. The summed E-state index contributed by atoms with van der Waals surface area (Å²) in [5, 5.41) is 3.58. The molecule has 1 heterocycles. The van der Waals surface area contributed by atoms with Crippen molar-refractivity contribution < 1.29 is 4.79 Å². The average Bonchev–Trinajstić information content (AvgIpc) is 2.35. The molecule has 1 aliphatic rings. The van der Waals surface area contributed by atoms with Crippen molar-refractivity contribution in [1.82, 2.24) is 5.32 Å². The zero-order valence-corrected chi connectivity index (χ0v) is 11.6. The van der Waals surface area contributed by atoms with Gasteiger partial charge >= 0.3 is 0 Å². The predicted octanol–water partition coefficient (Wildman–Crippen LogP) is 2.73. The summed E-state index contributed by atoms with van der Waals surface area (Å²) in [6.07, 6.45) is 0.546. The normalized spacial score (nSPS) is 21.1. The molecule has 0 radical (unpaired) electrons. The number of fused-ring (bicyclic) bond motifs is 1. The van der Waals surface area contributed by atoms with Gasteiger partial charge in [0.05, 0.1) is 0 Å². The van der Waals surface area contributed by atoms with Crippen molar-refractivity contribution in [1.29, 1.82) is 0 Å². The molecule has 1 N–H and O–H groups in total. The fraction of sp³-hybridized carbons (Fsp3) is 0.533. The maximum Gasteiger partial charge on any atom is 0.228 e. The lowest BCUT2D eigenvalue weighted by atomic mass is 9.94. The van der Waals surface area contributed by atoms with Gasteiger partial charge in [0.15, 0.2) is 0 Å². The summed E-state index contributed by atoms with van der Waals surface area (Å²) in [6, 6.07) is 8.69. The van der Waals surface area contributed by atoms with E-state index >= 15 is 0 Å². The Bertz CT molecular complexity index is 442. The first kappa shape index (κ1) is 13.1. The smallest absolute Gasteiger partial charge is 0.228 e. The molecule has 2 rings (SSSR count). The number of nitrogens with one attached hydrogen (secondary N) is 1. The van der Waals surface area contributed by atoms with Crippen LogP contribution < -0.4 is 10.2 Å². The van der Waals surface area contributed by atoms with E-state index in [0.717, 1.165) is 5.69 Å². The zero-order chi connectivity index (χ0) is 13.3. The molecule has 0 fully saturated rings. The van der Waals surface area contributed by atoms with Crippen LogP contribution in [0.15, 0.2) is 24.3 Å². The number of hydrogen-bond donors (Lipinski definition) is 1. The van der Waals surface area contributed by atoms with E-state index in [1.165, 1.54) is 5.56 Å². The fourth-order valence-corrected chi connectivity index (χ4v) is 2.30. The van der Waals surface area contributed by atoms with Crippen LogP contribution in [-0.4, -0.2) is 19.0 Å². The van der Waals surface area contributed by atoms with Gasteiger partial charge in [0.1, 0.15) is 0 Å². The molecule has 1 aromatic rings. The second-order valence-electron chi connectivity index (χ2n) is 5.47. The third-order valence-corrected chi connectivity index (χ3v) is 3.89. The average molecular weight is 246 g/mol. The molecular formula is C15H22N2O. The highest BCUT2D eigenvalue weighted by Gasteiger charge is 2.29. The van der Waals surface area contributed by atoms with Crippen molar-refractivity contribution in [3.05, 3.63) is 29.8 Å². The summed E-state index contributed by atoms with van der Waals surface area (Å²) >= 11 is 0. The molecule has 3 nitrogen and oxygen atoms in total. The Morgan fingerprint density at radius 1 is 1.28 bits per heavy atom. The Kier molecular flexibility index (Phi) is 3.71. The topological polar surface area (TPSA) is 32.3 Å². The van der Waals surface area contributed by atoms with Gasteiger partial charge in [0.2, 0.25) is 5.91 Å². The molecule has 0 aromatic heterocycles. The standard InChI is InChI=1S/C15H22N2O/c1-10(2)11(3)16-13-9-15(18)17(4)14-8-6-5-7-12(13)14/h5-8,10-11,13,16H,9H2,1-4H3. The summed E-state index contributed by atoms with van der Waals surface area (Å²) in [5.41, 5.74) is 2.26. The van der Waals surface area contributed by atoms with E-state index in [0.29, 0.717) is 18.4 Å². The maximum absolute atomic E-state index is 12.0. The summed E-state index contributed by atoms with van der Waals surface area (Å²) < 4.78 is 0. The first-order chi connectivity index (χ1) is 8.50. The molecule has 18 heavy (non-hydrogen) atoms. The first-order valence-electron chi connectivity index (χ1n) is 6.62. The molecule has 1 amide bonds. The van der Waals surface area contributed by atoms with Crippen LogP contribution in [0, 0.1) is 5.92 Å². The van der Waals surface area contributed by atoms with E-state index in [2.05, 4.69) is 32.2 Å². The molecular weight excluding hydrogens is 224 g/mol. The summed E-state index contributed by atoms with van der Waals surface area (Å²) in [5.74, 6) is 0.745. The number of carbonyl (C=O) groups excluding carboxylic acids is 1. The van der Waals surface area contributed by atoms with E-state index in [1.807, 2.05) is 25.2 Å². The minimum absolute atomic E-state index is 0.141. The Hall–Kier alpha value is -1.35. The highest BCUT2D eigenvalue weighted by molar-refractivity contribution is 5.96. The van der Waals surface area contributed by atoms with Crippen LogP contribution >= 0.6 is 0 Å². The predicted molar refractivity (Wildman–Crippen MR) is 74.6 cm³/mol.